The van der Waals surface area contributed by atoms with Gasteiger partial charge in [0.05, 0.1) is 5.57 Å². The molecule has 0 amide bonds. The predicted molar refractivity (Wildman–Crippen MR) is 100 cm³/mol. The Morgan fingerprint density at radius 1 is 1.16 bits per heavy atom. The maximum Gasteiger partial charge on any atom is 0.178 e. The van der Waals surface area contributed by atoms with Crippen LogP contribution in [0.2, 0.25) is 5.02 Å². The Morgan fingerprint density at radius 2 is 1.80 bits per heavy atom. The van der Waals surface area contributed by atoms with Gasteiger partial charge in [0, 0.05) is 16.0 Å². The SMILES string of the molecule is CC(C)(C)C(=O)/C(C#N)=C/c1ccccc1OCc1ccc(Cl)cc1. The van der Waals surface area contributed by atoms with Gasteiger partial charge in [0.2, 0.25) is 0 Å². The Bertz CT molecular complexity index is 824. The van der Waals surface area contributed by atoms with Crippen LogP contribution in [0.3, 0.4) is 0 Å². The maximum absolute atomic E-state index is 12.4. The minimum Gasteiger partial charge on any atom is -0.488 e. The van der Waals surface area contributed by atoms with E-state index in [1.54, 1.807) is 26.8 Å². The molecule has 0 fully saturated rings. The fourth-order valence-electron chi connectivity index (χ4n) is 2.18. The molecule has 128 valence electrons. The fourth-order valence-corrected chi connectivity index (χ4v) is 2.31. The van der Waals surface area contributed by atoms with E-state index in [1.165, 1.54) is 0 Å². The normalized spacial score (nSPS) is 11.7. The van der Waals surface area contributed by atoms with Gasteiger partial charge in [-0.15, -0.1) is 0 Å². The summed E-state index contributed by atoms with van der Waals surface area (Å²) in [5.41, 5.74) is 1.19. The second-order valence-electron chi connectivity index (χ2n) is 6.70. The first-order valence-corrected chi connectivity index (χ1v) is 8.32. The molecular weight excluding hydrogens is 334 g/mol. The maximum atomic E-state index is 12.4. The average Bonchev–Trinajstić information content (AvgIpc) is 2.58. The number of nitriles is 1. The van der Waals surface area contributed by atoms with Crippen molar-refractivity contribution in [3.8, 4) is 11.8 Å². The molecule has 2 aromatic carbocycles. The number of para-hydroxylation sites is 1. The molecule has 0 bridgehead atoms. The second-order valence-corrected chi connectivity index (χ2v) is 7.14. The van der Waals surface area contributed by atoms with Crippen LogP contribution in [0, 0.1) is 16.7 Å². The third kappa shape index (κ3) is 5.20. The summed E-state index contributed by atoms with van der Waals surface area (Å²) in [5.74, 6) is 0.425. The highest BCUT2D eigenvalue weighted by molar-refractivity contribution is 6.30. The Balaban J connectivity index is 2.25. The van der Waals surface area contributed by atoms with Crippen molar-refractivity contribution >= 4 is 23.5 Å². The number of hydrogen-bond acceptors (Lipinski definition) is 3. The van der Waals surface area contributed by atoms with Gasteiger partial charge >= 0.3 is 0 Å². The fraction of sp³-hybridized carbons (Fsp3) is 0.238. The molecule has 2 aromatic rings. The molecular formula is C21H20ClNO2. The van der Waals surface area contributed by atoms with Gasteiger partial charge in [-0.3, -0.25) is 4.79 Å². The van der Waals surface area contributed by atoms with E-state index < -0.39 is 5.41 Å². The number of Topliss-reactive ketones (excluding diaryl/α,β-unsaturated/α-hetero) is 1. The van der Waals surface area contributed by atoms with Crippen LogP contribution in [-0.4, -0.2) is 5.78 Å². The van der Waals surface area contributed by atoms with E-state index in [2.05, 4.69) is 0 Å². The number of rotatable bonds is 5. The summed E-state index contributed by atoms with van der Waals surface area (Å²) in [6.45, 7) is 5.76. The van der Waals surface area contributed by atoms with Crippen molar-refractivity contribution < 1.29 is 9.53 Å². The van der Waals surface area contributed by atoms with E-state index >= 15 is 0 Å². The molecule has 0 heterocycles. The smallest absolute Gasteiger partial charge is 0.178 e. The first-order valence-electron chi connectivity index (χ1n) is 7.94. The first kappa shape index (κ1) is 18.8. The minimum absolute atomic E-state index is 0.120. The lowest BCUT2D eigenvalue weighted by atomic mass is 9.86. The molecule has 3 nitrogen and oxygen atoms in total. The third-order valence-electron chi connectivity index (χ3n) is 3.57. The van der Waals surface area contributed by atoms with Crippen LogP contribution in [0.4, 0.5) is 0 Å². The molecule has 0 saturated carbocycles. The van der Waals surface area contributed by atoms with Crippen LogP contribution in [0.25, 0.3) is 6.08 Å². The zero-order valence-corrected chi connectivity index (χ0v) is 15.3. The van der Waals surface area contributed by atoms with Crippen molar-refractivity contribution in [1.29, 1.82) is 5.26 Å². The van der Waals surface area contributed by atoms with Gasteiger partial charge in [0.1, 0.15) is 18.4 Å². The van der Waals surface area contributed by atoms with Crippen LogP contribution >= 0.6 is 11.6 Å². The summed E-state index contributed by atoms with van der Waals surface area (Å²) in [7, 11) is 0. The zero-order valence-electron chi connectivity index (χ0n) is 14.5. The summed E-state index contributed by atoms with van der Waals surface area (Å²) in [5, 5.41) is 10.0. The van der Waals surface area contributed by atoms with Crippen LogP contribution in [-0.2, 0) is 11.4 Å². The number of allylic oxidation sites excluding steroid dienone is 1. The molecule has 0 aliphatic heterocycles. The molecule has 0 aliphatic rings. The van der Waals surface area contributed by atoms with Crippen LogP contribution < -0.4 is 4.74 Å². The molecule has 0 spiro atoms. The molecule has 25 heavy (non-hydrogen) atoms. The lowest BCUT2D eigenvalue weighted by Crippen LogP contribution is -2.21. The van der Waals surface area contributed by atoms with E-state index in [-0.39, 0.29) is 11.4 Å². The topological polar surface area (TPSA) is 50.1 Å². The van der Waals surface area contributed by atoms with E-state index in [0.717, 1.165) is 5.56 Å². The number of carbonyl (C=O) groups is 1. The van der Waals surface area contributed by atoms with Crippen LogP contribution in [0.15, 0.2) is 54.1 Å². The summed E-state index contributed by atoms with van der Waals surface area (Å²) in [4.78, 5) is 12.4. The van der Waals surface area contributed by atoms with Crippen molar-refractivity contribution in [2.45, 2.75) is 27.4 Å². The monoisotopic (exact) mass is 353 g/mol. The lowest BCUT2D eigenvalue weighted by Gasteiger charge is -2.16. The van der Waals surface area contributed by atoms with Crippen LogP contribution in [0.5, 0.6) is 5.75 Å². The lowest BCUT2D eigenvalue weighted by molar-refractivity contribution is -0.121. The molecule has 0 atom stereocenters. The number of benzene rings is 2. The summed E-state index contributed by atoms with van der Waals surface area (Å²) >= 11 is 5.88. The van der Waals surface area contributed by atoms with E-state index in [4.69, 9.17) is 16.3 Å². The van der Waals surface area contributed by atoms with Crippen molar-refractivity contribution in [2.75, 3.05) is 0 Å². The van der Waals surface area contributed by atoms with Gasteiger partial charge in [-0.2, -0.15) is 5.26 Å². The Morgan fingerprint density at radius 3 is 2.40 bits per heavy atom. The Hall–Kier alpha value is -2.57. The number of ether oxygens (including phenoxy) is 1. The van der Waals surface area contributed by atoms with Crippen molar-refractivity contribution in [3.05, 3.63) is 70.3 Å². The Labute approximate surface area is 153 Å². The molecule has 4 heteroatoms. The molecule has 0 N–H and O–H groups in total. The summed E-state index contributed by atoms with van der Waals surface area (Å²) in [6.07, 6.45) is 1.59. The summed E-state index contributed by atoms with van der Waals surface area (Å²) < 4.78 is 5.87. The van der Waals surface area contributed by atoms with Crippen molar-refractivity contribution in [2.24, 2.45) is 5.41 Å². The molecule has 0 aliphatic carbocycles. The highest BCUT2D eigenvalue weighted by Gasteiger charge is 2.25. The van der Waals surface area contributed by atoms with Gasteiger partial charge in [-0.05, 0) is 29.8 Å². The average molecular weight is 354 g/mol. The second kappa shape index (κ2) is 8.00. The van der Waals surface area contributed by atoms with E-state index in [9.17, 15) is 10.1 Å². The molecule has 2 rings (SSSR count). The number of hydrogen-bond donors (Lipinski definition) is 0. The quantitative estimate of drug-likeness (QED) is 0.531. The van der Waals surface area contributed by atoms with Gasteiger partial charge in [-0.1, -0.05) is 62.7 Å². The number of carbonyl (C=O) groups excluding carboxylic acids is 1. The number of ketones is 1. The van der Waals surface area contributed by atoms with E-state index in [0.29, 0.717) is 22.9 Å². The van der Waals surface area contributed by atoms with E-state index in [1.807, 2.05) is 54.6 Å². The highest BCUT2D eigenvalue weighted by Crippen LogP contribution is 2.26. The molecule has 0 unspecified atom stereocenters. The molecule has 0 aromatic heterocycles. The molecule has 0 saturated heterocycles. The summed E-state index contributed by atoms with van der Waals surface area (Å²) in [6, 6.07) is 16.7. The standard InChI is InChI=1S/C21H20ClNO2/c1-21(2,3)20(24)17(13-23)12-16-6-4-5-7-19(16)25-14-15-8-10-18(22)11-9-15/h4-12H,14H2,1-3H3/b17-12+. The van der Waals surface area contributed by atoms with Gasteiger partial charge in [0.25, 0.3) is 0 Å². The Kier molecular flexibility index (Phi) is 6.01. The highest BCUT2D eigenvalue weighted by atomic mass is 35.5. The largest absolute Gasteiger partial charge is 0.488 e. The minimum atomic E-state index is -0.610. The van der Waals surface area contributed by atoms with Crippen LogP contribution in [0.1, 0.15) is 31.9 Å². The number of halogens is 1. The van der Waals surface area contributed by atoms with Crippen molar-refractivity contribution in [3.63, 3.8) is 0 Å². The number of nitrogens with zero attached hydrogens (tertiary/aromatic N) is 1. The zero-order chi connectivity index (χ0) is 18.4. The van der Waals surface area contributed by atoms with Crippen molar-refractivity contribution in [1.82, 2.24) is 0 Å². The van der Waals surface area contributed by atoms with Gasteiger partial charge in [0.15, 0.2) is 5.78 Å². The first-order chi connectivity index (χ1) is 11.8. The van der Waals surface area contributed by atoms with Gasteiger partial charge < -0.3 is 4.74 Å². The molecule has 0 radical (unpaired) electrons. The van der Waals surface area contributed by atoms with Gasteiger partial charge in [-0.25, -0.2) is 0 Å². The predicted octanol–water partition coefficient (Wildman–Crippen LogP) is 5.44. The third-order valence-corrected chi connectivity index (χ3v) is 3.82.